The summed E-state index contributed by atoms with van der Waals surface area (Å²) in [6.45, 7) is 12.2. The summed E-state index contributed by atoms with van der Waals surface area (Å²) in [6, 6.07) is 0.118. The van der Waals surface area contributed by atoms with Gasteiger partial charge in [-0.2, -0.15) is 0 Å². The van der Waals surface area contributed by atoms with E-state index in [0.29, 0.717) is 5.78 Å². The Morgan fingerprint density at radius 1 is 1.33 bits per heavy atom. The lowest BCUT2D eigenvalue weighted by Crippen LogP contribution is -2.53. The molecule has 0 radical (unpaired) electrons. The lowest BCUT2D eigenvalue weighted by atomic mass is 9.85. The maximum absolute atomic E-state index is 12.2. The van der Waals surface area contributed by atoms with Gasteiger partial charge in [0.05, 0.1) is 6.04 Å². The number of Topliss-reactive ketones (excluding diaryl/α,β-unsaturated/α-hetero) is 1. The van der Waals surface area contributed by atoms with Gasteiger partial charge in [0.15, 0.2) is 5.78 Å². The first-order chi connectivity index (χ1) is 6.96. The smallest absolute Gasteiger partial charge is 0.155 e. The first-order valence-corrected chi connectivity index (χ1v) is 5.96. The molecule has 0 aromatic heterocycles. The molecule has 0 bridgehead atoms. The largest absolute Gasteiger partial charge is 0.314 e. The van der Waals surface area contributed by atoms with Crippen molar-refractivity contribution in [3.63, 3.8) is 0 Å². The Kier molecular flexibility index (Phi) is 4.29. The van der Waals surface area contributed by atoms with E-state index in [1.165, 1.54) is 0 Å². The van der Waals surface area contributed by atoms with E-state index < -0.39 is 0 Å². The van der Waals surface area contributed by atoms with E-state index in [1.807, 2.05) is 20.8 Å². The van der Waals surface area contributed by atoms with Crippen LogP contribution in [0.1, 0.15) is 34.1 Å². The summed E-state index contributed by atoms with van der Waals surface area (Å²) in [6.07, 6.45) is 0.927. The Morgan fingerprint density at radius 3 is 2.27 bits per heavy atom. The van der Waals surface area contributed by atoms with Crippen LogP contribution in [-0.2, 0) is 4.79 Å². The number of hydrogen-bond acceptors (Lipinski definition) is 3. The van der Waals surface area contributed by atoms with Crippen LogP contribution in [0.15, 0.2) is 0 Å². The lowest BCUT2D eigenvalue weighted by Gasteiger charge is -2.36. The molecule has 0 aromatic rings. The highest BCUT2D eigenvalue weighted by molar-refractivity contribution is 5.88. The van der Waals surface area contributed by atoms with Crippen LogP contribution in [0, 0.1) is 5.41 Å². The highest BCUT2D eigenvalue weighted by atomic mass is 16.1. The van der Waals surface area contributed by atoms with Gasteiger partial charge in [0, 0.05) is 31.6 Å². The molecule has 88 valence electrons. The zero-order chi connectivity index (χ0) is 11.5. The summed E-state index contributed by atoms with van der Waals surface area (Å²) in [4.78, 5) is 14.6. The van der Waals surface area contributed by atoms with Crippen LogP contribution in [0.4, 0.5) is 0 Å². The number of nitrogens with one attached hydrogen (secondary N) is 1. The van der Waals surface area contributed by atoms with E-state index in [9.17, 15) is 4.79 Å². The maximum Gasteiger partial charge on any atom is 0.155 e. The molecule has 1 saturated heterocycles. The molecule has 0 aromatic carbocycles. The number of ketones is 1. The Balaban J connectivity index is 2.65. The van der Waals surface area contributed by atoms with E-state index >= 15 is 0 Å². The molecule has 15 heavy (non-hydrogen) atoms. The molecular formula is C12H24N2O. The molecule has 1 unspecified atom stereocenters. The number of nitrogens with zero attached hydrogens (tertiary/aromatic N) is 1. The van der Waals surface area contributed by atoms with Crippen LogP contribution in [0.5, 0.6) is 0 Å². The Labute approximate surface area is 93.2 Å². The van der Waals surface area contributed by atoms with Gasteiger partial charge in [-0.3, -0.25) is 9.69 Å². The number of piperazine rings is 1. The van der Waals surface area contributed by atoms with Gasteiger partial charge in [0.25, 0.3) is 0 Å². The molecular weight excluding hydrogens is 188 g/mol. The van der Waals surface area contributed by atoms with Crippen molar-refractivity contribution in [3.05, 3.63) is 0 Å². The first-order valence-electron chi connectivity index (χ1n) is 5.96. The van der Waals surface area contributed by atoms with Gasteiger partial charge in [0.2, 0.25) is 0 Å². The van der Waals surface area contributed by atoms with Crippen LogP contribution in [0.25, 0.3) is 0 Å². The minimum absolute atomic E-state index is 0.118. The summed E-state index contributed by atoms with van der Waals surface area (Å²) >= 11 is 0. The van der Waals surface area contributed by atoms with Crippen LogP contribution >= 0.6 is 0 Å². The zero-order valence-corrected chi connectivity index (χ0v) is 10.5. The highest BCUT2D eigenvalue weighted by Gasteiger charge is 2.32. The number of hydrogen-bond donors (Lipinski definition) is 1. The normalized spacial score (nSPS) is 21.3. The third-order valence-electron chi connectivity index (χ3n) is 3.02. The van der Waals surface area contributed by atoms with Gasteiger partial charge in [-0.15, -0.1) is 0 Å². The van der Waals surface area contributed by atoms with E-state index in [4.69, 9.17) is 0 Å². The molecule has 1 atom stereocenters. The van der Waals surface area contributed by atoms with Crippen molar-refractivity contribution < 1.29 is 4.79 Å². The summed E-state index contributed by atoms with van der Waals surface area (Å²) in [5.74, 6) is 0.381. The molecule has 1 heterocycles. The summed E-state index contributed by atoms with van der Waals surface area (Å²) in [5, 5.41) is 3.32. The molecule has 0 amide bonds. The predicted octanol–water partition coefficient (Wildman–Crippen LogP) is 1.29. The average molecular weight is 212 g/mol. The van der Waals surface area contributed by atoms with E-state index in [2.05, 4.69) is 17.1 Å². The molecule has 3 nitrogen and oxygen atoms in total. The second kappa shape index (κ2) is 5.08. The third kappa shape index (κ3) is 3.28. The van der Waals surface area contributed by atoms with Crippen LogP contribution in [0.3, 0.4) is 0 Å². The molecule has 1 fully saturated rings. The zero-order valence-electron chi connectivity index (χ0n) is 10.5. The molecule has 3 heteroatoms. The van der Waals surface area contributed by atoms with E-state index in [-0.39, 0.29) is 11.5 Å². The summed E-state index contributed by atoms with van der Waals surface area (Å²) < 4.78 is 0. The summed E-state index contributed by atoms with van der Waals surface area (Å²) in [7, 11) is 0. The SMILES string of the molecule is CCC(C(=O)C(C)(C)C)N1CCNCC1. The highest BCUT2D eigenvalue weighted by Crippen LogP contribution is 2.21. The molecule has 1 aliphatic heterocycles. The second-order valence-corrected chi connectivity index (χ2v) is 5.32. The Morgan fingerprint density at radius 2 is 1.87 bits per heavy atom. The van der Waals surface area contributed by atoms with Crippen molar-refractivity contribution in [3.8, 4) is 0 Å². The monoisotopic (exact) mass is 212 g/mol. The number of carbonyl (C=O) groups excluding carboxylic acids is 1. The third-order valence-corrected chi connectivity index (χ3v) is 3.02. The van der Waals surface area contributed by atoms with Gasteiger partial charge < -0.3 is 5.32 Å². The maximum atomic E-state index is 12.2. The van der Waals surface area contributed by atoms with Gasteiger partial charge in [-0.05, 0) is 6.42 Å². The van der Waals surface area contributed by atoms with Crippen LogP contribution in [0.2, 0.25) is 0 Å². The topological polar surface area (TPSA) is 32.3 Å². The number of carbonyl (C=O) groups is 1. The van der Waals surface area contributed by atoms with Crippen molar-refractivity contribution in [1.29, 1.82) is 0 Å². The lowest BCUT2D eigenvalue weighted by molar-refractivity contribution is -0.132. The second-order valence-electron chi connectivity index (χ2n) is 5.32. The molecule has 0 spiro atoms. The van der Waals surface area contributed by atoms with Crippen LogP contribution in [-0.4, -0.2) is 42.9 Å². The van der Waals surface area contributed by atoms with Crippen molar-refractivity contribution in [2.45, 2.75) is 40.2 Å². The van der Waals surface area contributed by atoms with E-state index in [0.717, 1.165) is 32.6 Å². The molecule has 1 rings (SSSR count). The fourth-order valence-corrected chi connectivity index (χ4v) is 2.10. The Bertz CT molecular complexity index is 214. The quantitative estimate of drug-likeness (QED) is 0.765. The molecule has 0 saturated carbocycles. The number of rotatable bonds is 3. The van der Waals surface area contributed by atoms with Crippen molar-refractivity contribution >= 4 is 5.78 Å². The molecule has 1 aliphatic rings. The van der Waals surface area contributed by atoms with Crippen molar-refractivity contribution in [2.75, 3.05) is 26.2 Å². The van der Waals surface area contributed by atoms with Gasteiger partial charge in [-0.1, -0.05) is 27.7 Å². The predicted molar refractivity (Wildman–Crippen MR) is 63.0 cm³/mol. The fourth-order valence-electron chi connectivity index (χ4n) is 2.10. The van der Waals surface area contributed by atoms with Crippen molar-refractivity contribution in [1.82, 2.24) is 10.2 Å². The van der Waals surface area contributed by atoms with Crippen molar-refractivity contribution in [2.24, 2.45) is 5.41 Å². The van der Waals surface area contributed by atoms with Gasteiger partial charge >= 0.3 is 0 Å². The first kappa shape index (κ1) is 12.7. The Hall–Kier alpha value is -0.410. The van der Waals surface area contributed by atoms with Gasteiger partial charge in [0.1, 0.15) is 0 Å². The molecule has 1 N–H and O–H groups in total. The van der Waals surface area contributed by atoms with E-state index in [1.54, 1.807) is 0 Å². The standard InChI is InChI=1S/C12H24N2O/c1-5-10(11(15)12(2,3)4)14-8-6-13-7-9-14/h10,13H,5-9H2,1-4H3. The summed E-state index contributed by atoms with van der Waals surface area (Å²) in [5.41, 5.74) is -0.217. The minimum atomic E-state index is -0.217. The minimum Gasteiger partial charge on any atom is -0.314 e. The van der Waals surface area contributed by atoms with Gasteiger partial charge in [-0.25, -0.2) is 0 Å². The van der Waals surface area contributed by atoms with Crippen LogP contribution < -0.4 is 5.32 Å². The average Bonchev–Trinajstić information content (AvgIpc) is 2.19. The molecule has 0 aliphatic carbocycles. The fraction of sp³-hybridized carbons (Fsp3) is 0.917.